The van der Waals surface area contributed by atoms with Gasteiger partial charge in [0.25, 0.3) is 0 Å². The Balaban J connectivity index is 1.61. The van der Waals surface area contributed by atoms with E-state index in [1.54, 1.807) is 10.9 Å². The fraction of sp³-hybridized carbons (Fsp3) is 0.647. The van der Waals surface area contributed by atoms with Gasteiger partial charge in [-0.25, -0.2) is 4.79 Å². The third kappa shape index (κ3) is 4.81. The van der Waals surface area contributed by atoms with E-state index in [1.165, 1.54) is 0 Å². The van der Waals surface area contributed by atoms with Crippen molar-refractivity contribution >= 4 is 6.03 Å². The van der Waals surface area contributed by atoms with Gasteiger partial charge in [0.2, 0.25) is 5.89 Å². The van der Waals surface area contributed by atoms with Crippen LogP contribution in [0.1, 0.15) is 50.4 Å². The third-order valence-corrected chi connectivity index (χ3v) is 4.45. The molecule has 0 aromatic carbocycles. The van der Waals surface area contributed by atoms with Gasteiger partial charge in [-0.1, -0.05) is 19.0 Å². The van der Waals surface area contributed by atoms with Crippen molar-refractivity contribution in [3.63, 3.8) is 0 Å². The molecule has 0 saturated carbocycles. The molecule has 1 atom stereocenters. The summed E-state index contributed by atoms with van der Waals surface area (Å²) < 4.78 is 12.6. The van der Waals surface area contributed by atoms with Gasteiger partial charge in [-0.3, -0.25) is 4.68 Å². The number of nitrogens with zero attached hydrogens (tertiary/aromatic N) is 4. The molecule has 9 nitrogen and oxygen atoms in total. The van der Waals surface area contributed by atoms with Crippen LogP contribution in [0.4, 0.5) is 4.79 Å². The first-order valence-corrected chi connectivity index (χ1v) is 9.06. The molecule has 0 unspecified atom stereocenters. The Hall–Kier alpha value is -2.42. The molecular weight excluding hydrogens is 336 g/mol. The first-order valence-electron chi connectivity index (χ1n) is 9.06. The van der Waals surface area contributed by atoms with Crippen LogP contribution >= 0.6 is 0 Å². The Morgan fingerprint density at radius 2 is 2.19 bits per heavy atom. The second kappa shape index (κ2) is 8.79. The van der Waals surface area contributed by atoms with E-state index < -0.39 is 0 Å². The molecule has 2 amide bonds. The first-order chi connectivity index (χ1) is 12.6. The fourth-order valence-corrected chi connectivity index (χ4v) is 2.95. The number of carbonyl (C=O) groups excluding carboxylic acids is 1. The second-order valence-electron chi connectivity index (χ2n) is 6.74. The molecule has 0 radical (unpaired) electrons. The molecule has 1 aliphatic heterocycles. The predicted octanol–water partition coefficient (Wildman–Crippen LogP) is 1.86. The molecule has 2 aromatic heterocycles. The molecule has 0 aliphatic carbocycles. The molecule has 0 bridgehead atoms. The Morgan fingerprint density at radius 1 is 1.38 bits per heavy atom. The quantitative estimate of drug-likeness (QED) is 0.778. The Kier molecular flexibility index (Phi) is 6.21. The molecular formula is C17H26N6O3. The van der Waals surface area contributed by atoms with Crippen molar-refractivity contribution in [3.8, 4) is 0 Å². The molecule has 142 valence electrons. The number of rotatable bonds is 7. The zero-order chi connectivity index (χ0) is 18.4. The average molecular weight is 362 g/mol. The Morgan fingerprint density at radius 3 is 2.85 bits per heavy atom. The van der Waals surface area contributed by atoms with Crippen LogP contribution in [-0.2, 0) is 11.3 Å². The van der Waals surface area contributed by atoms with Gasteiger partial charge in [-0.2, -0.15) is 10.1 Å². The van der Waals surface area contributed by atoms with Crippen LogP contribution in [0.2, 0.25) is 0 Å². The maximum absolute atomic E-state index is 12.4. The van der Waals surface area contributed by atoms with E-state index in [2.05, 4.69) is 25.9 Å². The number of urea groups is 1. The fourth-order valence-electron chi connectivity index (χ4n) is 2.95. The maximum Gasteiger partial charge on any atom is 0.315 e. The largest absolute Gasteiger partial charge is 0.381 e. The molecule has 1 fully saturated rings. The highest BCUT2D eigenvalue weighted by molar-refractivity contribution is 5.74. The molecule has 9 heteroatoms. The standard InChI is InChI=1S/C17H26N6O3/c1-12(2)15-21-16(26-22-15)14(13-4-10-25-11-5-13)20-17(24)18-7-9-23-8-3-6-19-23/h3,6,8,12-14H,4-5,7,9-11H2,1-2H3,(H2,18,20,24)/t14-/m0/s1. The number of nitrogens with one attached hydrogen (secondary N) is 2. The van der Waals surface area contributed by atoms with Gasteiger partial charge in [0.1, 0.15) is 6.04 Å². The van der Waals surface area contributed by atoms with E-state index in [0.717, 1.165) is 12.8 Å². The summed E-state index contributed by atoms with van der Waals surface area (Å²) in [5.41, 5.74) is 0. The third-order valence-electron chi connectivity index (χ3n) is 4.45. The van der Waals surface area contributed by atoms with Crippen molar-refractivity contribution in [1.29, 1.82) is 0 Å². The summed E-state index contributed by atoms with van der Waals surface area (Å²) in [6.45, 7) is 6.46. The minimum atomic E-state index is -0.316. The zero-order valence-electron chi connectivity index (χ0n) is 15.2. The number of ether oxygens (including phenoxy) is 1. The summed E-state index contributed by atoms with van der Waals surface area (Å²) in [6, 6.07) is 1.28. The summed E-state index contributed by atoms with van der Waals surface area (Å²) in [5, 5.41) is 14.0. The molecule has 26 heavy (non-hydrogen) atoms. The van der Waals surface area contributed by atoms with Gasteiger partial charge < -0.3 is 19.9 Å². The van der Waals surface area contributed by atoms with E-state index in [4.69, 9.17) is 9.26 Å². The lowest BCUT2D eigenvalue weighted by molar-refractivity contribution is 0.0503. The van der Waals surface area contributed by atoms with E-state index in [1.807, 2.05) is 26.1 Å². The maximum atomic E-state index is 12.4. The highest BCUT2D eigenvalue weighted by Crippen LogP contribution is 2.29. The van der Waals surface area contributed by atoms with Crippen molar-refractivity contribution in [2.45, 2.75) is 45.2 Å². The van der Waals surface area contributed by atoms with Crippen LogP contribution in [0.15, 0.2) is 23.0 Å². The molecule has 2 N–H and O–H groups in total. The zero-order valence-corrected chi connectivity index (χ0v) is 15.2. The van der Waals surface area contributed by atoms with Gasteiger partial charge in [0.15, 0.2) is 5.82 Å². The van der Waals surface area contributed by atoms with Crippen molar-refractivity contribution < 1.29 is 14.1 Å². The SMILES string of the molecule is CC(C)c1noc([C@@H](NC(=O)NCCn2cccn2)C2CCOCC2)n1. The van der Waals surface area contributed by atoms with E-state index in [-0.39, 0.29) is 23.9 Å². The summed E-state index contributed by atoms with van der Waals surface area (Å²) >= 11 is 0. The van der Waals surface area contributed by atoms with Gasteiger partial charge in [0, 0.05) is 38.1 Å². The van der Waals surface area contributed by atoms with Gasteiger partial charge >= 0.3 is 6.03 Å². The molecule has 2 aromatic rings. The summed E-state index contributed by atoms with van der Waals surface area (Å²) in [4.78, 5) is 16.8. The number of hydrogen-bond donors (Lipinski definition) is 2. The first kappa shape index (κ1) is 18.4. The van der Waals surface area contributed by atoms with Gasteiger partial charge in [-0.05, 0) is 24.8 Å². The lowest BCUT2D eigenvalue weighted by Crippen LogP contribution is -2.42. The molecule has 3 heterocycles. The van der Waals surface area contributed by atoms with Crippen LogP contribution in [-0.4, -0.2) is 45.7 Å². The van der Waals surface area contributed by atoms with Gasteiger partial charge in [0.05, 0.1) is 6.54 Å². The monoisotopic (exact) mass is 362 g/mol. The normalized spacial score (nSPS) is 16.6. The highest BCUT2D eigenvalue weighted by atomic mass is 16.5. The van der Waals surface area contributed by atoms with Crippen molar-refractivity contribution in [1.82, 2.24) is 30.6 Å². The van der Waals surface area contributed by atoms with Crippen LogP contribution < -0.4 is 10.6 Å². The van der Waals surface area contributed by atoms with Crippen molar-refractivity contribution in [2.24, 2.45) is 5.92 Å². The molecule has 1 aliphatic rings. The summed E-state index contributed by atoms with van der Waals surface area (Å²) in [5.74, 6) is 1.49. The minimum absolute atomic E-state index is 0.172. The van der Waals surface area contributed by atoms with Gasteiger partial charge in [-0.15, -0.1) is 0 Å². The topological polar surface area (TPSA) is 107 Å². The molecule has 0 spiro atoms. The number of hydrogen-bond acceptors (Lipinski definition) is 6. The lowest BCUT2D eigenvalue weighted by Gasteiger charge is -2.28. The smallest absolute Gasteiger partial charge is 0.315 e. The van der Waals surface area contributed by atoms with E-state index >= 15 is 0 Å². The minimum Gasteiger partial charge on any atom is -0.381 e. The van der Waals surface area contributed by atoms with Crippen LogP contribution in [0.3, 0.4) is 0 Å². The Bertz CT molecular complexity index is 678. The van der Waals surface area contributed by atoms with Crippen LogP contribution in [0.25, 0.3) is 0 Å². The lowest BCUT2D eigenvalue weighted by atomic mass is 9.91. The van der Waals surface area contributed by atoms with E-state index in [9.17, 15) is 4.79 Å². The van der Waals surface area contributed by atoms with Crippen molar-refractivity contribution in [2.75, 3.05) is 19.8 Å². The van der Waals surface area contributed by atoms with Crippen molar-refractivity contribution in [3.05, 3.63) is 30.2 Å². The second-order valence-corrected chi connectivity index (χ2v) is 6.74. The number of carbonyl (C=O) groups is 1. The average Bonchev–Trinajstić information content (AvgIpc) is 3.32. The predicted molar refractivity (Wildman–Crippen MR) is 93.4 cm³/mol. The van der Waals surface area contributed by atoms with Crippen LogP contribution in [0, 0.1) is 5.92 Å². The summed E-state index contributed by atoms with van der Waals surface area (Å²) in [7, 11) is 0. The molecule has 3 rings (SSSR count). The molecule has 1 saturated heterocycles. The highest BCUT2D eigenvalue weighted by Gasteiger charge is 2.31. The number of amides is 2. The summed E-state index contributed by atoms with van der Waals surface area (Å²) in [6.07, 6.45) is 5.26. The van der Waals surface area contributed by atoms with E-state index in [0.29, 0.717) is 38.0 Å². The number of aromatic nitrogens is 4. The van der Waals surface area contributed by atoms with Crippen LogP contribution in [0.5, 0.6) is 0 Å². The Labute approximate surface area is 152 Å².